The molecule has 0 aromatic heterocycles. The first-order valence-electron chi connectivity index (χ1n) is 6.63. The Morgan fingerprint density at radius 2 is 1.94 bits per heavy atom. The van der Waals surface area contributed by atoms with Crippen LogP contribution in [0, 0.1) is 5.41 Å². The Bertz CT molecular complexity index is 237. The molecule has 0 saturated carbocycles. The van der Waals surface area contributed by atoms with Gasteiger partial charge in [-0.25, -0.2) is 4.39 Å². The number of nitrogens with one attached hydrogen (secondary N) is 1. The molecule has 17 heavy (non-hydrogen) atoms. The standard InChI is InChI=1S/C14H27FN2/c1-12(11-14(2,3)4)16-13-5-8-17(9-6-13)10-7-15/h13,16H,1,5-11H2,2-4H3. The number of halogens is 1. The van der Waals surface area contributed by atoms with Crippen molar-refractivity contribution in [2.45, 2.75) is 46.1 Å². The van der Waals surface area contributed by atoms with Crippen molar-refractivity contribution in [2.24, 2.45) is 5.41 Å². The molecule has 1 N–H and O–H groups in total. The predicted molar refractivity (Wildman–Crippen MR) is 71.8 cm³/mol. The quantitative estimate of drug-likeness (QED) is 0.797. The summed E-state index contributed by atoms with van der Waals surface area (Å²) in [7, 11) is 0. The van der Waals surface area contributed by atoms with Gasteiger partial charge in [-0.1, -0.05) is 27.4 Å². The van der Waals surface area contributed by atoms with Gasteiger partial charge in [0.2, 0.25) is 0 Å². The van der Waals surface area contributed by atoms with Crippen LogP contribution in [0.25, 0.3) is 0 Å². The third-order valence-corrected chi connectivity index (χ3v) is 3.14. The second-order valence-corrected chi connectivity index (χ2v) is 6.29. The van der Waals surface area contributed by atoms with E-state index in [1.165, 1.54) is 0 Å². The van der Waals surface area contributed by atoms with Gasteiger partial charge >= 0.3 is 0 Å². The molecule has 0 aromatic carbocycles. The second kappa shape index (κ2) is 6.39. The molecule has 3 heteroatoms. The van der Waals surface area contributed by atoms with Gasteiger partial charge in [0.1, 0.15) is 6.67 Å². The van der Waals surface area contributed by atoms with Gasteiger partial charge < -0.3 is 10.2 Å². The predicted octanol–water partition coefficient (Wildman–Crippen LogP) is 2.96. The Morgan fingerprint density at radius 3 is 2.41 bits per heavy atom. The number of alkyl halides is 1. The minimum absolute atomic E-state index is 0.227. The first-order valence-corrected chi connectivity index (χ1v) is 6.63. The largest absolute Gasteiger partial charge is 0.386 e. The Labute approximate surface area is 105 Å². The van der Waals surface area contributed by atoms with E-state index in [0.717, 1.165) is 38.0 Å². The van der Waals surface area contributed by atoms with E-state index < -0.39 is 0 Å². The van der Waals surface area contributed by atoms with Crippen molar-refractivity contribution in [3.63, 3.8) is 0 Å². The number of likely N-dealkylation sites (tertiary alicyclic amines) is 1. The Hall–Kier alpha value is -0.570. The molecule has 1 aliphatic rings. The highest BCUT2D eigenvalue weighted by Crippen LogP contribution is 2.23. The monoisotopic (exact) mass is 242 g/mol. The van der Waals surface area contributed by atoms with Crippen molar-refractivity contribution in [1.29, 1.82) is 0 Å². The van der Waals surface area contributed by atoms with Gasteiger partial charge in [-0.15, -0.1) is 0 Å². The van der Waals surface area contributed by atoms with Gasteiger partial charge in [0.05, 0.1) is 0 Å². The number of nitrogens with zero attached hydrogens (tertiary/aromatic N) is 1. The lowest BCUT2D eigenvalue weighted by atomic mass is 9.90. The van der Waals surface area contributed by atoms with Crippen molar-refractivity contribution < 1.29 is 4.39 Å². The summed E-state index contributed by atoms with van der Waals surface area (Å²) < 4.78 is 12.2. The van der Waals surface area contributed by atoms with E-state index >= 15 is 0 Å². The van der Waals surface area contributed by atoms with Crippen molar-refractivity contribution >= 4 is 0 Å². The molecule has 1 fully saturated rings. The molecule has 0 spiro atoms. The first-order chi connectivity index (χ1) is 7.90. The van der Waals surface area contributed by atoms with Crippen LogP contribution in [0.5, 0.6) is 0 Å². The molecule has 100 valence electrons. The summed E-state index contributed by atoms with van der Waals surface area (Å²) in [5, 5.41) is 3.52. The van der Waals surface area contributed by atoms with E-state index in [1.807, 2.05) is 0 Å². The molecule has 2 nitrogen and oxygen atoms in total. The minimum atomic E-state index is -0.227. The van der Waals surface area contributed by atoms with E-state index in [4.69, 9.17) is 0 Å². The smallest absolute Gasteiger partial charge is 0.102 e. The topological polar surface area (TPSA) is 15.3 Å². The van der Waals surface area contributed by atoms with Crippen molar-refractivity contribution in [3.8, 4) is 0 Å². The maximum atomic E-state index is 12.2. The summed E-state index contributed by atoms with van der Waals surface area (Å²) in [6, 6.07) is 0.528. The molecule has 0 aliphatic carbocycles. The van der Waals surface area contributed by atoms with Gasteiger partial charge in [-0.05, 0) is 24.7 Å². The van der Waals surface area contributed by atoms with Gasteiger partial charge in [-0.2, -0.15) is 0 Å². The van der Waals surface area contributed by atoms with Crippen LogP contribution < -0.4 is 5.32 Å². The van der Waals surface area contributed by atoms with Crippen LogP contribution in [0.4, 0.5) is 4.39 Å². The lowest BCUT2D eigenvalue weighted by Gasteiger charge is -2.33. The summed E-state index contributed by atoms with van der Waals surface area (Å²) in [5.41, 5.74) is 1.43. The molecule has 1 rings (SSSR count). The molecular formula is C14H27FN2. The summed E-state index contributed by atoms with van der Waals surface area (Å²) >= 11 is 0. The van der Waals surface area contributed by atoms with E-state index in [1.54, 1.807) is 0 Å². The summed E-state index contributed by atoms with van der Waals surface area (Å²) in [5.74, 6) is 0. The van der Waals surface area contributed by atoms with Crippen LogP contribution in [-0.2, 0) is 0 Å². The number of piperidine rings is 1. The van der Waals surface area contributed by atoms with E-state index in [-0.39, 0.29) is 6.67 Å². The molecule has 0 bridgehead atoms. The van der Waals surface area contributed by atoms with Gasteiger partial charge in [0.15, 0.2) is 0 Å². The highest BCUT2D eigenvalue weighted by Gasteiger charge is 2.20. The van der Waals surface area contributed by atoms with Gasteiger partial charge in [0.25, 0.3) is 0 Å². The normalized spacial score (nSPS) is 19.3. The number of hydrogen-bond donors (Lipinski definition) is 1. The maximum Gasteiger partial charge on any atom is 0.102 e. The second-order valence-electron chi connectivity index (χ2n) is 6.29. The summed E-state index contributed by atoms with van der Waals surface area (Å²) in [6.45, 7) is 13.2. The molecule has 0 unspecified atom stereocenters. The van der Waals surface area contributed by atoms with Crippen molar-refractivity contribution in [3.05, 3.63) is 12.3 Å². The molecule has 0 radical (unpaired) electrons. The van der Waals surface area contributed by atoms with Crippen LogP contribution in [0.3, 0.4) is 0 Å². The number of hydrogen-bond acceptors (Lipinski definition) is 2. The lowest BCUT2D eigenvalue weighted by molar-refractivity contribution is 0.187. The van der Waals surface area contributed by atoms with Crippen LogP contribution in [0.1, 0.15) is 40.0 Å². The molecule has 0 amide bonds. The lowest BCUT2D eigenvalue weighted by Crippen LogP contribution is -2.43. The fraction of sp³-hybridized carbons (Fsp3) is 0.857. The Kier molecular flexibility index (Phi) is 5.44. The zero-order valence-corrected chi connectivity index (χ0v) is 11.6. The number of rotatable bonds is 5. The van der Waals surface area contributed by atoms with E-state index in [0.29, 0.717) is 18.0 Å². The zero-order chi connectivity index (χ0) is 12.9. The highest BCUT2D eigenvalue weighted by molar-refractivity contribution is 4.98. The van der Waals surface area contributed by atoms with Crippen LogP contribution >= 0.6 is 0 Å². The molecule has 1 saturated heterocycles. The van der Waals surface area contributed by atoms with Crippen LogP contribution in [0.15, 0.2) is 12.3 Å². The fourth-order valence-electron chi connectivity index (χ4n) is 2.40. The average Bonchev–Trinajstić information content (AvgIpc) is 2.18. The first kappa shape index (κ1) is 14.5. The van der Waals surface area contributed by atoms with Crippen molar-refractivity contribution in [2.75, 3.05) is 26.3 Å². The molecule has 1 heterocycles. The number of allylic oxidation sites excluding steroid dienone is 1. The van der Waals surface area contributed by atoms with Crippen LogP contribution in [-0.4, -0.2) is 37.3 Å². The Balaban J connectivity index is 2.24. The highest BCUT2D eigenvalue weighted by atomic mass is 19.1. The van der Waals surface area contributed by atoms with Gasteiger partial charge in [0, 0.05) is 31.4 Å². The molecule has 1 aliphatic heterocycles. The van der Waals surface area contributed by atoms with E-state index in [2.05, 4.69) is 37.6 Å². The van der Waals surface area contributed by atoms with E-state index in [9.17, 15) is 4.39 Å². The fourth-order valence-corrected chi connectivity index (χ4v) is 2.40. The molecular weight excluding hydrogens is 215 g/mol. The summed E-state index contributed by atoms with van der Waals surface area (Å²) in [6.07, 6.45) is 3.21. The maximum absolute atomic E-state index is 12.2. The third-order valence-electron chi connectivity index (χ3n) is 3.14. The summed E-state index contributed by atoms with van der Waals surface area (Å²) in [4.78, 5) is 2.20. The molecule has 0 atom stereocenters. The molecule has 0 aromatic rings. The van der Waals surface area contributed by atoms with Crippen molar-refractivity contribution in [1.82, 2.24) is 10.2 Å². The average molecular weight is 242 g/mol. The minimum Gasteiger partial charge on any atom is -0.386 e. The Morgan fingerprint density at radius 1 is 1.35 bits per heavy atom. The van der Waals surface area contributed by atoms with Crippen LogP contribution in [0.2, 0.25) is 0 Å². The SMILES string of the molecule is C=C(CC(C)(C)C)NC1CCN(CCF)CC1. The van der Waals surface area contributed by atoms with Gasteiger partial charge in [-0.3, -0.25) is 0 Å². The zero-order valence-electron chi connectivity index (χ0n) is 11.6. The third kappa shape index (κ3) is 6.06.